The van der Waals surface area contributed by atoms with Gasteiger partial charge in [0, 0.05) is 11.1 Å². The van der Waals surface area contributed by atoms with E-state index in [9.17, 15) is 28.8 Å². The molecule has 0 aliphatic carbocycles. The van der Waals surface area contributed by atoms with Crippen LogP contribution in [0.3, 0.4) is 0 Å². The second kappa shape index (κ2) is 12.4. The fraction of sp³-hybridized carbons (Fsp3) is 0.143. The SMILES string of the molecule is O=C(COC(=O)C(c1ccc(OCC(=O)c2ccccc2)cc1)N1CC(N2C(=O)c3ccccc3C2=O)C1=O)c1ccccc1. The molecule has 10 heteroatoms. The van der Waals surface area contributed by atoms with Crippen molar-refractivity contribution in [1.82, 2.24) is 9.80 Å². The summed E-state index contributed by atoms with van der Waals surface area (Å²) in [4.78, 5) is 80.1. The van der Waals surface area contributed by atoms with Crippen LogP contribution in [0.5, 0.6) is 5.75 Å². The number of hydrogen-bond donors (Lipinski definition) is 0. The minimum Gasteiger partial charge on any atom is -0.485 e. The van der Waals surface area contributed by atoms with E-state index in [-0.39, 0.29) is 30.1 Å². The number of ketones is 2. The third-order valence-corrected chi connectivity index (χ3v) is 7.71. The van der Waals surface area contributed by atoms with E-state index in [2.05, 4.69) is 0 Å². The number of ether oxygens (including phenoxy) is 2. The largest absolute Gasteiger partial charge is 0.485 e. The van der Waals surface area contributed by atoms with Crippen molar-refractivity contribution in [2.45, 2.75) is 12.1 Å². The number of esters is 1. The van der Waals surface area contributed by atoms with E-state index in [0.29, 0.717) is 22.4 Å². The molecule has 0 N–H and O–H groups in total. The zero-order valence-electron chi connectivity index (χ0n) is 23.8. The van der Waals surface area contributed by atoms with Crippen LogP contribution in [0.25, 0.3) is 0 Å². The Bertz CT molecular complexity index is 1770. The number of Topliss-reactive ketones (excluding diaryl/α,β-unsaturated/α-hetero) is 2. The number of rotatable bonds is 11. The van der Waals surface area contributed by atoms with Crippen LogP contribution in [0.2, 0.25) is 0 Å². The molecule has 2 heterocycles. The molecular weight excluding hydrogens is 576 g/mol. The van der Waals surface area contributed by atoms with Gasteiger partial charge in [-0.2, -0.15) is 0 Å². The lowest BCUT2D eigenvalue weighted by molar-refractivity contribution is -0.164. The van der Waals surface area contributed by atoms with Gasteiger partial charge >= 0.3 is 5.97 Å². The van der Waals surface area contributed by atoms with Gasteiger partial charge in [-0.1, -0.05) is 84.9 Å². The molecule has 4 aromatic rings. The van der Waals surface area contributed by atoms with Crippen LogP contribution in [-0.4, -0.2) is 70.9 Å². The van der Waals surface area contributed by atoms with Crippen LogP contribution in [-0.2, 0) is 14.3 Å². The van der Waals surface area contributed by atoms with Gasteiger partial charge in [0.05, 0.1) is 17.7 Å². The summed E-state index contributed by atoms with van der Waals surface area (Å²) in [6.07, 6.45) is 0. The molecule has 1 saturated heterocycles. The molecule has 6 rings (SSSR count). The third-order valence-electron chi connectivity index (χ3n) is 7.71. The molecule has 0 aromatic heterocycles. The summed E-state index contributed by atoms with van der Waals surface area (Å²) in [6.45, 7) is -0.866. The minimum atomic E-state index is -1.27. The number of amides is 3. The maximum Gasteiger partial charge on any atom is 0.334 e. The molecule has 2 aliphatic heterocycles. The van der Waals surface area contributed by atoms with E-state index < -0.39 is 48.2 Å². The number of benzene rings is 4. The van der Waals surface area contributed by atoms with Gasteiger partial charge in [-0.3, -0.25) is 28.9 Å². The van der Waals surface area contributed by atoms with Crippen LogP contribution >= 0.6 is 0 Å². The Morgan fingerprint density at radius 2 is 1.18 bits per heavy atom. The van der Waals surface area contributed by atoms with Gasteiger partial charge in [0.1, 0.15) is 11.8 Å². The Hall–Kier alpha value is -5.90. The standard InChI is InChI=1S/C35H26N2O8/c38-29(22-9-3-1-4-10-22)20-44-25-17-15-24(16-18-25)31(35(43)45-21-30(39)23-11-5-2-6-12-23)36-19-28(34(36)42)37-32(40)26-13-7-8-14-27(26)33(37)41/h1-18,28,31H,19-21H2. The predicted octanol–water partition coefficient (Wildman–Crippen LogP) is 3.92. The lowest BCUT2D eigenvalue weighted by Gasteiger charge is -2.45. The van der Waals surface area contributed by atoms with E-state index in [1.807, 2.05) is 0 Å². The molecule has 10 nitrogen and oxygen atoms in total. The lowest BCUT2D eigenvalue weighted by atomic mass is 9.97. The number of carbonyl (C=O) groups excluding carboxylic acids is 6. The van der Waals surface area contributed by atoms with Gasteiger partial charge in [0.15, 0.2) is 30.8 Å². The fourth-order valence-electron chi connectivity index (χ4n) is 5.32. The average Bonchev–Trinajstić information content (AvgIpc) is 3.33. The van der Waals surface area contributed by atoms with Crippen molar-refractivity contribution in [3.63, 3.8) is 0 Å². The molecule has 2 unspecified atom stereocenters. The summed E-state index contributed by atoms with van der Waals surface area (Å²) in [5, 5.41) is 0. The molecule has 45 heavy (non-hydrogen) atoms. The molecule has 3 amide bonds. The van der Waals surface area contributed by atoms with Crippen molar-refractivity contribution >= 4 is 35.3 Å². The Morgan fingerprint density at radius 3 is 1.71 bits per heavy atom. The first-order valence-corrected chi connectivity index (χ1v) is 14.2. The number of β-lactam (4-membered cyclic amide) rings is 1. The minimum absolute atomic E-state index is 0.111. The third kappa shape index (κ3) is 5.73. The number of nitrogens with zero attached hydrogens (tertiary/aromatic N) is 2. The topological polar surface area (TPSA) is 127 Å². The van der Waals surface area contributed by atoms with Crippen molar-refractivity contribution in [2.75, 3.05) is 19.8 Å². The average molecular weight is 603 g/mol. The first-order valence-electron chi connectivity index (χ1n) is 14.2. The van der Waals surface area contributed by atoms with Gasteiger partial charge in [-0.05, 0) is 29.8 Å². The Morgan fingerprint density at radius 1 is 0.667 bits per heavy atom. The number of fused-ring (bicyclic) bond motifs is 1. The van der Waals surface area contributed by atoms with Crippen molar-refractivity contribution < 1.29 is 38.2 Å². The van der Waals surface area contributed by atoms with Gasteiger partial charge < -0.3 is 14.4 Å². The first kappa shape index (κ1) is 29.2. The van der Waals surface area contributed by atoms with Crippen molar-refractivity contribution in [1.29, 1.82) is 0 Å². The zero-order valence-corrected chi connectivity index (χ0v) is 23.8. The van der Waals surface area contributed by atoms with Crippen molar-refractivity contribution in [3.8, 4) is 5.75 Å². The molecule has 224 valence electrons. The molecule has 2 atom stereocenters. The van der Waals surface area contributed by atoms with Crippen LogP contribution in [0, 0.1) is 0 Å². The summed E-state index contributed by atoms with van der Waals surface area (Å²) in [7, 11) is 0. The Kier molecular flexibility index (Phi) is 8.03. The van der Waals surface area contributed by atoms with Crippen LogP contribution < -0.4 is 4.74 Å². The fourth-order valence-corrected chi connectivity index (χ4v) is 5.32. The first-order chi connectivity index (χ1) is 21.8. The molecule has 0 spiro atoms. The van der Waals surface area contributed by atoms with Crippen molar-refractivity contribution in [2.24, 2.45) is 0 Å². The highest BCUT2D eigenvalue weighted by atomic mass is 16.5. The van der Waals surface area contributed by atoms with E-state index in [1.165, 1.54) is 17.0 Å². The molecule has 0 bridgehead atoms. The number of imide groups is 1. The molecule has 1 fully saturated rings. The summed E-state index contributed by atoms with van der Waals surface area (Å²) >= 11 is 0. The monoisotopic (exact) mass is 602 g/mol. The summed E-state index contributed by atoms with van der Waals surface area (Å²) < 4.78 is 11.0. The zero-order chi connectivity index (χ0) is 31.5. The van der Waals surface area contributed by atoms with E-state index in [0.717, 1.165) is 4.90 Å². The summed E-state index contributed by atoms with van der Waals surface area (Å²) in [5.41, 5.74) is 1.64. The van der Waals surface area contributed by atoms with Gasteiger partial charge in [-0.15, -0.1) is 0 Å². The quantitative estimate of drug-likeness (QED) is 0.109. The number of carbonyl (C=O) groups is 6. The second-order valence-electron chi connectivity index (χ2n) is 10.5. The second-order valence-corrected chi connectivity index (χ2v) is 10.5. The number of likely N-dealkylation sites (tertiary alicyclic amines) is 1. The van der Waals surface area contributed by atoms with Crippen LogP contribution in [0.1, 0.15) is 53.0 Å². The van der Waals surface area contributed by atoms with Gasteiger partial charge in [-0.25, -0.2) is 4.79 Å². The van der Waals surface area contributed by atoms with Crippen molar-refractivity contribution in [3.05, 3.63) is 137 Å². The Labute approximate surface area is 257 Å². The summed E-state index contributed by atoms with van der Waals surface area (Å²) in [5.74, 6) is -2.91. The van der Waals surface area contributed by atoms with Crippen LogP contribution in [0.4, 0.5) is 0 Å². The molecular formula is C35H26N2O8. The lowest BCUT2D eigenvalue weighted by Crippen LogP contribution is -2.66. The van der Waals surface area contributed by atoms with E-state index in [4.69, 9.17) is 9.47 Å². The highest BCUT2D eigenvalue weighted by molar-refractivity contribution is 6.23. The Balaban J connectivity index is 1.19. The summed E-state index contributed by atoms with van der Waals surface area (Å²) in [6, 6.07) is 27.2. The maximum absolute atomic E-state index is 13.5. The highest BCUT2D eigenvalue weighted by Crippen LogP contribution is 2.35. The molecule has 4 aromatic carbocycles. The van der Waals surface area contributed by atoms with E-state index >= 15 is 0 Å². The van der Waals surface area contributed by atoms with Crippen LogP contribution in [0.15, 0.2) is 109 Å². The number of hydrogen-bond acceptors (Lipinski definition) is 8. The molecule has 2 aliphatic rings. The van der Waals surface area contributed by atoms with E-state index in [1.54, 1.807) is 97.1 Å². The maximum atomic E-state index is 13.5. The smallest absolute Gasteiger partial charge is 0.334 e. The molecule has 0 saturated carbocycles. The normalized spacial score (nSPS) is 16.1. The van der Waals surface area contributed by atoms with Gasteiger partial charge in [0.25, 0.3) is 11.8 Å². The van der Waals surface area contributed by atoms with Gasteiger partial charge in [0.2, 0.25) is 5.91 Å². The highest BCUT2D eigenvalue weighted by Gasteiger charge is 2.53. The predicted molar refractivity (Wildman–Crippen MR) is 160 cm³/mol. The molecule has 0 radical (unpaired) electrons.